The van der Waals surface area contributed by atoms with Gasteiger partial charge < -0.3 is 10.4 Å². The van der Waals surface area contributed by atoms with Gasteiger partial charge in [-0.15, -0.1) is 0 Å². The molecule has 0 saturated heterocycles. The van der Waals surface area contributed by atoms with Crippen LogP contribution in [0.4, 0.5) is 0 Å². The van der Waals surface area contributed by atoms with Gasteiger partial charge in [0.25, 0.3) is 0 Å². The van der Waals surface area contributed by atoms with Crippen LogP contribution in [0.1, 0.15) is 60.3 Å². The van der Waals surface area contributed by atoms with Crippen LogP contribution >= 0.6 is 0 Å². The summed E-state index contributed by atoms with van der Waals surface area (Å²) in [5.74, 6) is 1.35. The molecule has 0 aliphatic carbocycles. The second-order valence-corrected chi connectivity index (χ2v) is 5.73. The molecule has 0 aliphatic rings. The summed E-state index contributed by atoms with van der Waals surface area (Å²) in [6.45, 7) is 12.8. The Labute approximate surface area is 102 Å². The summed E-state index contributed by atoms with van der Waals surface area (Å²) in [5, 5.41) is 13.7. The molecule has 0 amide bonds. The lowest BCUT2D eigenvalue weighted by atomic mass is 9.86. The number of hydrogen-bond donors (Lipinski definition) is 2. The summed E-state index contributed by atoms with van der Waals surface area (Å²) < 4.78 is 0. The monoisotopic (exact) mass is 229 g/mol. The van der Waals surface area contributed by atoms with E-state index in [2.05, 4.69) is 33.0 Å². The SMILES string of the molecule is CCC(CC)CC(C)(O)CCNCC(C)C. The van der Waals surface area contributed by atoms with Crippen molar-refractivity contribution < 1.29 is 5.11 Å². The molecule has 0 spiro atoms. The number of rotatable bonds is 9. The zero-order valence-corrected chi connectivity index (χ0v) is 11.8. The van der Waals surface area contributed by atoms with Gasteiger partial charge in [0.05, 0.1) is 5.60 Å². The summed E-state index contributed by atoms with van der Waals surface area (Å²) in [5.41, 5.74) is -0.499. The first-order chi connectivity index (χ1) is 7.41. The summed E-state index contributed by atoms with van der Waals surface area (Å²) in [6, 6.07) is 0. The van der Waals surface area contributed by atoms with Crippen LogP contribution in [-0.4, -0.2) is 23.8 Å². The lowest BCUT2D eigenvalue weighted by molar-refractivity contribution is 0.0243. The van der Waals surface area contributed by atoms with E-state index in [1.807, 2.05) is 6.92 Å². The lowest BCUT2D eigenvalue weighted by Gasteiger charge is -2.28. The van der Waals surface area contributed by atoms with E-state index in [0.717, 1.165) is 25.9 Å². The molecule has 16 heavy (non-hydrogen) atoms. The van der Waals surface area contributed by atoms with Crippen LogP contribution in [0, 0.1) is 11.8 Å². The van der Waals surface area contributed by atoms with Crippen molar-refractivity contribution in [1.29, 1.82) is 0 Å². The van der Waals surface area contributed by atoms with E-state index >= 15 is 0 Å². The van der Waals surface area contributed by atoms with Crippen molar-refractivity contribution in [2.24, 2.45) is 11.8 Å². The quantitative estimate of drug-likeness (QED) is 0.595. The van der Waals surface area contributed by atoms with Crippen molar-refractivity contribution >= 4 is 0 Å². The molecule has 0 fully saturated rings. The summed E-state index contributed by atoms with van der Waals surface area (Å²) in [7, 11) is 0. The van der Waals surface area contributed by atoms with Gasteiger partial charge in [-0.1, -0.05) is 40.5 Å². The number of nitrogens with one attached hydrogen (secondary N) is 1. The fourth-order valence-corrected chi connectivity index (χ4v) is 2.05. The van der Waals surface area contributed by atoms with Crippen LogP contribution in [0.15, 0.2) is 0 Å². The fourth-order valence-electron chi connectivity index (χ4n) is 2.05. The Morgan fingerprint density at radius 3 is 2.19 bits per heavy atom. The maximum Gasteiger partial charge on any atom is 0.0634 e. The van der Waals surface area contributed by atoms with E-state index in [1.54, 1.807) is 0 Å². The van der Waals surface area contributed by atoms with Crippen molar-refractivity contribution in [2.45, 2.75) is 65.9 Å². The Balaban J connectivity index is 3.76. The van der Waals surface area contributed by atoms with E-state index in [9.17, 15) is 5.11 Å². The molecule has 1 atom stereocenters. The van der Waals surface area contributed by atoms with Gasteiger partial charge >= 0.3 is 0 Å². The van der Waals surface area contributed by atoms with Crippen molar-refractivity contribution in [3.8, 4) is 0 Å². The van der Waals surface area contributed by atoms with E-state index in [-0.39, 0.29) is 0 Å². The first-order valence-corrected chi connectivity index (χ1v) is 6.84. The molecule has 0 aliphatic heterocycles. The van der Waals surface area contributed by atoms with Crippen molar-refractivity contribution in [2.75, 3.05) is 13.1 Å². The first-order valence-electron chi connectivity index (χ1n) is 6.84. The van der Waals surface area contributed by atoms with Crippen LogP contribution in [0.25, 0.3) is 0 Å². The summed E-state index contributed by atoms with van der Waals surface area (Å²) in [4.78, 5) is 0. The molecule has 0 bridgehead atoms. The second-order valence-electron chi connectivity index (χ2n) is 5.73. The Kier molecular flexibility index (Phi) is 8.04. The Morgan fingerprint density at radius 1 is 1.19 bits per heavy atom. The molecule has 2 nitrogen and oxygen atoms in total. The molecule has 0 aromatic carbocycles. The molecule has 0 saturated carbocycles. The van der Waals surface area contributed by atoms with Gasteiger partial charge in [-0.2, -0.15) is 0 Å². The van der Waals surface area contributed by atoms with E-state index in [1.165, 1.54) is 12.8 Å². The molecular formula is C14H31NO. The third kappa shape index (κ3) is 8.12. The minimum absolute atomic E-state index is 0.499. The molecular weight excluding hydrogens is 198 g/mol. The lowest BCUT2D eigenvalue weighted by Crippen LogP contribution is -2.33. The molecule has 0 aromatic rings. The van der Waals surface area contributed by atoms with Crippen LogP contribution in [0.5, 0.6) is 0 Å². The maximum atomic E-state index is 10.3. The Morgan fingerprint density at radius 2 is 1.75 bits per heavy atom. The first kappa shape index (κ1) is 15.9. The van der Waals surface area contributed by atoms with Gasteiger partial charge in [-0.3, -0.25) is 0 Å². The molecule has 98 valence electrons. The molecule has 0 rings (SSSR count). The van der Waals surface area contributed by atoms with Gasteiger partial charge in [0.15, 0.2) is 0 Å². The summed E-state index contributed by atoms with van der Waals surface area (Å²) >= 11 is 0. The summed E-state index contributed by atoms with van der Waals surface area (Å²) in [6.07, 6.45) is 4.14. The van der Waals surface area contributed by atoms with Crippen molar-refractivity contribution in [3.63, 3.8) is 0 Å². The largest absolute Gasteiger partial charge is 0.390 e. The van der Waals surface area contributed by atoms with Gasteiger partial charge in [0, 0.05) is 0 Å². The van der Waals surface area contributed by atoms with Crippen LogP contribution < -0.4 is 5.32 Å². The van der Waals surface area contributed by atoms with Crippen LogP contribution in [0.3, 0.4) is 0 Å². The maximum absolute atomic E-state index is 10.3. The third-order valence-corrected chi connectivity index (χ3v) is 3.28. The minimum atomic E-state index is -0.499. The number of hydrogen-bond acceptors (Lipinski definition) is 2. The predicted molar refractivity (Wildman–Crippen MR) is 71.6 cm³/mol. The highest BCUT2D eigenvalue weighted by Gasteiger charge is 2.23. The Bertz CT molecular complexity index is 162. The molecule has 0 radical (unpaired) electrons. The van der Waals surface area contributed by atoms with E-state index in [4.69, 9.17) is 0 Å². The third-order valence-electron chi connectivity index (χ3n) is 3.28. The average Bonchev–Trinajstić information content (AvgIpc) is 2.21. The standard InChI is InChI=1S/C14H31NO/c1-6-13(7-2)10-14(5,16)8-9-15-11-12(3)4/h12-13,15-16H,6-11H2,1-5H3. The van der Waals surface area contributed by atoms with Gasteiger partial charge in [0.2, 0.25) is 0 Å². The topological polar surface area (TPSA) is 32.3 Å². The minimum Gasteiger partial charge on any atom is -0.390 e. The van der Waals surface area contributed by atoms with Crippen molar-refractivity contribution in [3.05, 3.63) is 0 Å². The van der Waals surface area contributed by atoms with Gasteiger partial charge in [0.1, 0.15) is 0 Å². The highest BCUT2D eigenvalue weighted by atomic mass is 16.3. The van der Waals surface area contributed by atoms with Gasteiger partial charge in [-0.25, -0.2) is 0 Å². The fraction of sp³-hybridized carbons (Fsp3) is 1.00. The highest BCUT2D eigenvalue weighted by Crippen LogP contribution is 2.24. The van der Waals surface area contributed by atoms with Crippen LogP contribution in [0.2, 0.25) is 0 Å². The zero-order chi connectivity index (χ0) is 12.6. The van der Waals surface area contributed by atoms with E-state index < -0.39 is 5.60 Å². The number of aliphatic hydroxyl groups is 1. The zero-order valence-electron chi connectivity index (χ0n) is 11.8. The molecule has 1 unspecified atom stereocenters. The molecule has 0 heterocycles. The molecule has 2 N–H and O–H groups in total. The van der Waals surface area contributed by atoms with E-state index in [0.29, 0.717) is 11.8 Å². The predicted octanol–water partition coefficient (Wildman–Crippen LogP) is 3.20. The normalized spacial score (nSPS) is 15.8. The second kappa shape index (κ2) is 8.08. The molecule has 0 aromatic heterocycles. The van der Waals surface area contributed by atoms with Crippen molar-refractivity contribution in [1.82, 2.24) is 5.32 Å². The molecule has 2 heteroatoms. The average molecular weight is 229 g/mol. The van der Waals surface area contributed by atoms with Gasteiger partial charge in [-0.05, 0) is 44.7 Å². The highest BCUT2D eigenvalue weighted by molar-refractivity contribution is 4.77. The van der Waals surface area contributed by atoms with Crippen LogP contribution in [-0.2, 0) is 0 Å². The Hall–Kier alpha value is -0.0800. The smallest absolute Gasteiger partial charge is 0.0634 e.